The number of methoxy groups -OCH3 is 1. The maximum atomic E-state index is 14.1. The molecule has 8 nitrogen and oxygen atoms in total. The number of halogens is 2. The lowest BCUT2D eigenvalue weighted by Gasteiger charge is -2.31. The first-order valence-corrected chi connectivity index (χ1v) is 16.9. The minimum absolute atomic E-state index is 0.204. The van der Waals surface area contributed by atoms with Crippen LogP contribution in [0.2, 0.25) is 10.0 Å². The van der Waals surface area contributed by atoms with Crippen molar-refractivity contribution in [2.45, 2.75) is 65.6 Å². The molecule has 3 aromatic carbocycles. The van der Waals surface area contributed by atoms with Gasteiger partial charge in [-0.3, -0.25) is 9.59 Å². The van der Waals surface area contributed by atoms with Crippen LogP contribution in [0, 0.1) is 5.41 Å². The largest absolute Gasteiger partial charge is 0.492 e. The van der Waals surface area contributed by atoms with E-state index in [0.717, 1.165) is 42.9 Å². The molecule has 0 fully saturated rings. The second-order valence-corrected chi connectivity index (χ2v) is 13.6. The molecule has 10 heteroatoms. The average molecular weight is 686 g/mol. The van der Waals surface area contributed by atoms with Crippen LogP contribution in [0.4, 0.5) is 5.69 Å². The van der Waals surface area contributed by atoms with Gasteiger partial charge in [0.25, 0.3) is 5.91 Å². The summed E-state index contributed by atoms with van der Waals surface area (Å²) in [5.41, 5.74) is 2.94. The lowest BCUT2D eigenvalue weighted by molar-refractivity contribution is -0.151. The summed E-state index contributed by atoms with van der Waals surface area (Å²) in [6.45, 7) is 10.6. The Kier molecular flexibility index (Phi) is 13.4. The van der Waals surface area contributed by atoms with E-state index < -0.39 is 18.2 Å². The minimum Gasteiger partial charge on any atom is -0.492 e. The van der Waals surface area contributed by atoms with Gasteiger partial charge >= 0.3 is 5.97 Å². The molecule has 0 saturated carbocycles. The fraction of sp³-hybridized carbons (Fsp3) is 0.459. The molecule has 47 heavy (non-hydrogen) atoms. The number of rotatable bonds is 15. The van der Waals surface area contributed by atoms with Gasteiger partial charge in [-0.25, -0.2) is 0 Å². The molecule has 1 aliphatic rings. The van der Waals surface area contributed by atoms with E-state index in [1.54, 1.807) is 25.0 Å². The van der Waals surface area contributed by atoms with Gasteiger partial charge in [0.1, 0.15) is 12.2 Å². The highest BCUT2D eigenvalue weighted by Gasteiger charge is 2.40. The van der Waals surface area contributed by atoms with Crippen molar-refractivity contribution in [3.05, 3.63) is 87.4 Å². The van der Waals surface area contributed by atoms with E-state index >= 15 is 0 Å². The molecular weight excluding hydrogens is 639 g/mol. The second kappa shape index (κ2) is 17.2. The van der Waals surface area contributed by atoms with Crippen molar-refractivity contribution in [2.24, 2.45) is 5.41 Å². The third-order valence-corrected chi connectivity index (χ3v) is 8.31. The molecule has 0 bridgehead atoms. The number of aryl methyl sites for hydroxylation is 1. The third kappa shape index (κ3) is 10.1. The molecule has 2 atom stereocenters. The van der Waals surface area contributed by atoms with Crippen molar-refractivity contribution in [3.8, 4) is 11.5 Å². The van der Waals surface area contributed by atoms with Gasteiger partial charge in [0.15, 0.2) is 11.5 Å². The smallest absolute Gasteiger partial charge is 0.308 e. The predicted molar refractivity (Wildman–Crippen MR) is 187 cm³/mol. The van der Waals surface area contributed by atoms with Gasteiger partial charge in [-0.05, 0) is 80.6 Å². The normalized spacial score (nSPS) is 16.4. The van der Waals surface area contributed by atoms with E-state index in [0.29, 0.717) is 46.5 Å². The zero-order valence-electron chi connectivity index (χ0n) is 27.9. The Morgan fingerprint density at radius 2 is 1.77 bits per heavy atom. The number of hydrogen-bond donors (Lipinski definition) is 1. The summed E-state index contributed by atoms with van der Waals surface area (Å²) in [6.07, 6.45) is 0.595. The lowest BCUT2D eigenvalue weighted by Crippen LogP contribution is -2.44. The number of anilines is 1. The molecule has 0 aliphatic carbocycles. The predicted octanol–water partition coefficient (Wildman–Crippen LogP) is 7.81. The van der Waals surface area contributed by atoms with E-state index in [2.05, 4.69) is 32.2 Å². The minimum atomic E-state index is -1.09. The monoisotopic (exact) mass is 684 g/mol. The van der Waals surface area contributed by atoms with E-state index in [9.17, 15) is 9.59 Å². The maximum absolute atomic E-state index is 14.1. The van der Waals surface area contributed by atoms with Crippen LogP contribution in [-0.4, -0.2) is 57.9 Å². The van der Waals surface area contributed by atoms with Crippen LogP contribution in [0.15, 0.2) is 60.7 Å². The van der Waals surface area contributed by atoms with Gasteiger partial charge in [0.2, 0.25) is 0 Å². The Morgan fingerprint density at radius 1 is 1.00 bits per heavy atom. The van der Waals surface area contributed by atoms with Gasteiger partial charge < -0.3 is 29.2 Å². The molecule has 1 N–H and O–H groups in total. The van der Waals surface area contributed by atoms with Crippen molar-refractivity contribution >= 4 is 40.8 Å². The number of esters is 1. The van der Waals surface area contributed by atoms with Crippen LogP contribution in [0.25, 0.3) is 0 Å². The molecular formula is C37H46Cl2N2O6. The van der Waals surface area contributed by atoms with Gasteiger partial charge in [-0.1, -0.05) is 74.3 Å². The number of hydrogen-bond acceptors (Lipinski definition) is 7. The Bertz CT molecular complexity index is 1510. The Hall–Kier alpha value is -3.30. The average Bonchev–Trinajstić information content (AvgIpc) is 3.12. The van der Waals surface area contributed by atoms with Crippen LogP contribution in [0.1, 0.15) is 69.8 Å². The van der Waals surface area contributed by atoms with Gasteiger partial charge in [-0.2, -0.15) is 0 Å². The van der Waals surface area contributed by atoms with Crippen LogP contribution in [0.3, 0.4) is 0 Å². The summed E-state index contributed by atoms with van der Waals surface area (Å²) < 4.78 is 23.9. The molecule has 1 amide bonds. The van der Waals surface area contributed by atoms with E-state index in [4.69, 9.17) is 42.1 Å². The number of fused-ring (bicyclic) bond motifs is 1. The van der Waals surface area contributed by atoms with Gasteiger partial charge in [0, 0.05) is 33.4 Å². The number of para-hydroxylation sites is 1. The standard InChI is InChI=1S/C37H46Cl2N2O6/c1-6-45-33(42)23-32-36(43)41(24-37(2,3)4)30-18-17-26(38)22-28(30)34(47-32)27-14-9-16-31(35(27)44-5)46-21-11-20-40-19-10-13-25-12-7-8-15-29(25)39/h7-9,12,14-18,22,32,34,40H,6,10-11,13,19-21,23-24H2,1-5H3/t32-,34-/m0/s1. The summed E-state index contributed by atoms with van der Waals surface area (Å²) in [4.78, 5) is 28.4. The Morgan fingerprint density at radius 3 is 2.49 bits per heavy atom. The van der Waals surface area contributed by atoms with Crippen LogP contribution in [-0.2, 0) is 25.5 Å². The number of carbonyl (C=O) groups is 2. The lowest BCUT2D eigenvalue weighted by atomic mass is 9.94. The molecule has 1 aliphatic heterocycles. The Labute approximate surface area is 288 Å². The van der Waals surface area contributed by atoms with E-state index in [1.807, 2.05) is 48.5 Å². The van der Waals surface area contributed by atoms with Gasteiger partial charge in [0.05, 0.1) is 26.7 Å². The van der Waals surface area contributed by atoms with Crippen molar-refractivity contribution in [2.75, 3.05) is 44.9 Å². The van der Waals surface area contributed by atoms with E-state index in [1.165, 1.54) is 0 Å². The third-order valence-electron chi connectivity index (χ3n) is 7.70. The van der Waals surface area contributed by atoms with Gasteiger partial charge in [-0.15, -0.1) is 0 Å². The Balaban J connectivity index is 1.53. The fourth-order valence-electron chi connectivity index (χ4n) is 5.64. The first-order valence-electron chi connectivity index (χ1n) is 16.2. The van der Waals surface area contributed by atoms with Crippen molar-refractivity contribution in [1.29, 1.82) is 0 Å². The molecule has 0 spiro atoms. The SMILES string of the molecule is CCOC(=O)C[C@@H]1O[C@@H](c2cccc(OCCCNCCCc3ccccc3Cl)c2OC)c2cc(Cl)ccc2N(CC(C)(C)C)C1=O. The highest BCUT2D eigenvalue weighted by molar-refractivity contribution is 6.31. The first-order chi connectivity index (χ1) is 22.5. The molecule has 4 rings (SSSR count). The van der Waals surface area contributed by atoms with Crippen LogP contribution < -0.4 is 19.7 Å². The zero-order chi connectivity index (χ0) is 34.0. The summed E-state index contributed by atoms with van der Waals surface area (Å²) >= 11 is 12.8. The summed E-state index contributed by atoms with van der Waals surface area (Å²) in [5, 5.41) is 4.77. The summed E-state index contributed by atoms with van der Waals surface area (Å²) in [5.74, 6) is 0.221. The number of amides is 1. The number of nitrogens with zero attached hydrogens (tertiary/aromatic N) is 1. The topological polar surface area (TPSA) is 86.3 Å². The van der Waals surface area contributed by atoms with E-state index in [-0.39, 0.29) is 24.3 Å². The summed E-state index contributed by atoms with van der Waals surface area (Å²) in [7, 11) is 1.58. The highest BCUT2D eigenvalue weighted by atomic mass is 35.5. The van der Waals surface area contributed by atoms with Crippen molar-refractivity contribution < 1.29 is 28.5 Å². The van der Waals surface area contributed by atoms with Crippen LogP contribution in [0.5, 0.6) is 11.5 Å². The molecule has 0 radical (unpaired) electrons. The second-order valence-electron chi connectivity index (χ2n) is 12.7. The molecule has 0 aromatic heterocycles. The molecule has 1 heterocycles. The number of nitrogens with one attached hydrogen (secondary N) is 1. The van der Waals surface area contributed by atoms with Crippen molar-refractivity contribution in [1.82, 2.24) is 5.32 Å². The fourth-order valence-corrected chi connectivity index (χ4v) is 6.05. The molecule has 254 valence electrons. The first kappa shape index (κ1) is 36.5. The number of carbonyl (C=O) groups excluding carboxylic acids is 2. The quantitative estimate of drug-likeness (QED) is 0.129. The number of ether oxygens (including phenoxy) is 4. The zero-order valence-corrected chi connectivity index (χ0v) is 29.5. The van der Waals surface area contributed by atoms with Crippen molar-refractivity contribution in [3.63, 3.8) is 0 Å². The summed E-state index contributed by atoms with van der Waals surface area (Å²) in [6, 6.07) is 18.9. The van der Waals surface area contributed by atoms with Crippen LogP contribution >= 0.6 is 23.2 Å². The highest BCUT2D eigenvalue weighted by Crippen LogP contribution is 2.45. The maximum Gasteiger partial charge on any atom is 0.308 e. The molecule has 3 aromatic rings. The molecule has 0 saturated heterocycles. The molecule has 0 unspecified atom stereocenters. The number of benzene rings is 3.